The molecule has 1 heterocycles. The molecule has 0 saturated heterocycles. The average Bonchev–Trinajstić information content (AvgIpc) is 1.59. The molecule has 1 aromatic heterocycles. The number of hydrogen-bond donors (Lipinski definition) is 2. The largest absolute Gasteiger partial charge is 0.368 e. The summed E-state index contributed by atoms with van der Waals surface area (Å²) < 4.78 is 0. The lowest BCUT2D eigenvalue weighted by atomic mass is 10.1. The lowest BCUT2D eigenvalue weighted by molar-refractivity contribution is 1.04. The minimum Gasteiger partial charge on any atom is -0.368 e. The fraction of sp³-hybridized carbons (Fsp3) is 0. The monoisotopic (exact) mass is 124 g/mol. The SMILES string of the molecule is Bc1nc(N)nc(=O)[nH]1. The van der Waals surface area contributed by atoms with E-state index < -0.39 is 5.69 Å². The minimum atomic E-state index is -0.458. The molecule has 6 heteroatoms. The van der Waals surface area contributed by atoms with Crippen LogP contribution in [0.2, 0.25) is 0 Å². The van der Waals surface area contributed by atoms with Crippen LogP contribution in [0.25, 0.3) is 0 Å². The Kier molecular flexibility index (Phi) is 1.22. The van der Waals surface area contributed by atoms with E-state index in [0.717, 1.165) is 0 Å². The third kappa shape index (κ3) is 1.28. The maximum atomic E-state index is 10.4. The number of aromatic nitrogens is 3. The van der Waals surface area contributed by atoms with Crippen molar-refractivity contribution in [3.05, 3.63) is 10.5 Å². The molecular weight excluding hydrogens is 119 g/mol. The highest BCUT2D eigenvalue weighted by molar-refractivity contribution is 6.28. The van der Waals surface area contributed by atoms with Crippen LogP contribution in [0.4, 0.5) is 5.95 Å². The first-order chi connectivity index (χ1) is 4.18. The van der Waals surface area contributed by atoms with E-state index in [0.29, 0.717) is 5.72 Å². The van der Waals surface area contributed by atoms with E-state index in [9.17, 15) is 4.79 Å². The second-order valence-corrected chi connectivity index (χ2v) is 1.60. The number of nitrogens with one attached hydrogen (secondary N) is 1. The highest BCUT2D eigenvalue weighted by Gasteiger charge is 1.90. The number of rotatable bonds is 0. The van der Waals surface area contributed by atoms with E-state index in [4.69, 9.17) is 5.73 Å². The predicted molar refractivity (Wildman–Crippen MR) is 35.2 cm³/mol. The molecule has 0 atom stereocenters. The van der Waals surface area contributed by atoms with Crippen LogP contribution in [0.3, 0.4) is 0 Å². The molecular formula is C3H5BN4O. The Hall–Kier alpha value is -1.33. The topological polar surface area (TPSA) is 84.7 Å². The van der Waals surface area contributed by atoms with Gasteiger partial charge in [-0.15, -0.1) is 0 Å². The van der Waals surface area contributed by atoms with E-state index in [1.54, 1.807) is 7.85 Å². The van der Waals surface area contributed by atoms with Crippen molar-refractivity contribution in [2.75, 3.05) is 5.73 Å². The highest BCUT2D eigenvalue weighted by Crippen LogP contribution is 1.71. The molecule has 3 N–H and O–H groups in total. The van der Waals surface area contributed by atoms with Gasteiger partial charge in [-0.3, -0.25) is 0 Å². The lowest BCUT2D eigenvalue weighted by Crippen LogP contribution is -2.27. The maximum absolute atomic E-state index is 10.4. The van der Waals surface area contributed by atoms with Gasteiger partial charge >= 0.3 is 5.69 Å². The molecule has 0 fully saturated rings. The molecule has 0 saturated carbocycles. The van der Waals surface area contributed by atoms with Gasteiger partial charge in [0.05, 0.1) is 5.72 Å². The van der Waals surface area contributed by atoms with Crippen LogP contribution in [0.1, 0.15) is 0 Å². The Bertz CT molecular complexity index is 246. The fourth-order valence-corrected chi connectivity index (χ4v) is 0.512. The van der Waals surface area contributed by atoms with Gasteiger partial charge in [0.1, 0.15) is 0 Å². The van der Waals surface area contributed by atoms with Gasteiger partial charge in [-0.25, -0.2) is 9.78 Å². The second-order valence-electron chi connectivity index (χ2n) is 1.60. The molecule has 0 radical (unpaired) electrons. The Balaban J connectivity index is 3.33. The van der Waals surface area contributed by atoms with Crippen LogP contribution in [0, 0.1) is 0 Å². The molecule has 1 aromatic rings. The lowest BCUT2D eigenvalue weighted by Gasteiger charge is -1.90. The Morgan fingerprint density at radius 3 is 2.67 bits per heavy atom. The summed E-state index contributed by atoms with van der Waals surface area (Å²) in [6, 6.07) is 0. The van der Waals surface area contributed by atoms with Gasteiger partial charge in [-0.2, -0.15) is 4.98 Å². The molecule has 0 bridgehead atoms. The van der Waals surface area contributed by atoms with Crippen molar-refractivity contribution in [2.24, 2.45) is 0 Å². The van der Waals surface area contributed by atoms with Crippen molar-refractivity contribution in [3.8, 4) is 0 Å². The van der Waals surface area contributed by atoms with Crippen molar-refractivity contribution in [3.63, 3.8) is 0 Å². The number of nitrogens with zero attached hydrogens (tertiary/aromatic N) is 2. The number of aromatic amines is 1. The van der Waals surface area contributed by atoms with Gasteiger partial charge < -0.3 is 10.7 Å². The zero-order chi connectivity index (χ0) is 6.85. The van der Waals surface area contributed by atoms with Gasteiger partial charge in [0.2, 0.25) is 5.95 Å². The van der Waals surface area contributed by atoms with Crippen molar-refractivity contribution < 1.29 is 0 Å². The quantitative estimate of drug-likeness (QED) is 0.361. The molecule has 0 amide bonds. The van der Waals surface area contributed by atoms with Crippen LogP contribution in [-0.2, 0) is 0 Å². The Morgan fingerprint density at radius 2 is 2.22 bits per heavy atom. The molecule has 46 valence electrons. The Labute approximate surface area is 51.7 Å². The second kappa shape index (κ2) is 1.89. The number of H-pyrrole nitrogens is 1. The molecule has 0 aromatic carbocycles. The van der Waals surface area contributed by atoms with Crippen LogP contribution in [0.15, 0.2) is 4.79 Å². The van der Waals surface area contributed by atoms with Crippen LogP contribution in [0.5, 0.6) is 0 Å². The van der Waals surface area contributed by atoms with Crippen molar-refractivity contribution in [1.29, 1.82) is 0 Å². The highest BCUT2D eigenvalue weighted by atomic mass is 16.1. The first-order valence-corrected chi connectivity index (χ1v) is 2.39. The van der Waals surface area contributed by atoms with E-state index >= 15 is 0 Å². The van der Waals surface area contributed by atoms with E-state index in [1.165, 1.54) is 0 Å². The normalized spacial score (nSPS) is 9.33. The summed E-state index contributed by atoms with van der Waals surface area (Å²) in [5.41, 5.74) is 5.14. The third-order valence-corrected chi connectivity index (χ3v) is 0.786. The van der Waals surface area contributed by atoms with E-state index in [-0.39, 0.29) is 5.95 Å². The van der Waals surface area contributed by atoms with Crippen molar-refractivity contribution in [1.82, 2.24) is 15.0 Å². The molecule has 9 heavy (non-hydrogen) atoms. The van der Waals surface area contributed by atoms with Gasteiger partial charge in [-0.1, -0.05) is 0 Å². The Morgan fingerprint density at radius 1 is 1.56 bits per heavy atom. The molecule has 0 aliphatic carbocycles. The number of nitrogen functional groups attached to an aromatic ring is 1. The first-order valence-electron chi connectivity index (χ1n) is 2.39. The summed E-state index contributed by atoms with van der Waals surface area (Å²) in [4.78, 5) is 19.7. The number of anilines is 1. The third-order valence-electron chi connectivity index (χ3n) is 0.786. The van der Waals surface area contributed by atoms with Crippen molar-refractivity contribution >= 4 is 19.5 Å². The standard InChI is InChI=1S/C3H5BN4O/c4-1-6-2(5)8-3(9)7-1/h4H2,(H3,5,6,7,8,9). The van der Waals surface area contributed by atoms with E-state index in [2.05, 4.69) is 15.0 Å². The number of nitrogens with two attached hydrogens (primary N) is 1. The van der Waals surface area contributed by atoms with Crippen molar-refractivity contribution in [2.45, 2.75) is 0 Å². The predicted octanol–water partition coefficient (Wildman–Crippen LogP) is -2.99. The van der Waals surface area contributed by atoms with Gasteiger partial charge in [0.25, 0.3) is 0 Å². The number of hydrogen-bond acceptors (Lipinski definition) is 4. The molecule has 5 nitrogen and oxygen atoms in total. The smallest absolute Gasteiger partial charge is 0.348 e. The maximum Gasteiger partial charge on any atom is 0.348 e. The minimum absolute atomic E-state index is 0.0104. The summed E-state index contributed by atoms with van der Waals surface area (Å²) in [6.45, 7) is 0. The summed E-state index contributed by atoms with van der Waals surface area (Å²) in [7, 11) is 1.64. The summed E-state index contributed by atoms with van der Waals surface area (Å²) in [6.07, 6.45) is 0. The summed E-state index contributed by atoms with van der Waals surface area (Å²) in [5.74, 6) is 0.0104. The average molecular weight is 124 g/mol. The molecule has 0 spiro atoms. The summed E-state index contributed by atoms with van der Waals surface area (Å²) in [5, 5.41) is 0. The van der Waals surface area contributed by atoms with Gasteiger partial charge in [-0.05, 0) is 0 Å². The zero-order valence-electron chi connectivity index (χ0n) is 4.88. The molecule has 1 rings (SSSR count). The van der Waals surface area contributed by atoms with Crippen LogP contribution >= 0.6 is 0 Å². The molecule has 0 aliphatic heterocycles. The van der Waals surface area contributed by atoms with Gasteiger partial charge in [0, 0.05) is 0 Å². The van der Waals surface area contributed by atoms with Gasteiger partial charge in [0.15, 0.2) is 7.85 Å². The fourth-order valence-electron chi connectivity index (χ4n) is 0.512. The molecule has 0 unspecified atom stereocenters. The van der Waals surface area contributed by atoms with Crippen LogP contribution < -0.4 is 17.1 Å². The van der Waals surface area contributed by atoms with E-state index in [1.807, 2.05) is 0 Å². The van der Waals surface area contributed by atoms with Crippen LogP contribution in [-0.4, -0.2) is 22.8 Å². The zero-order valence-corrected chi connectivity index (χ0v) is 4.88. The summed E-state index contributed by atoms with van der Waals surface area (Å²) >= 11 is 0. The first kappa shape index (κ1) is 5.81. The molecule has 0 aliphatic rings.